The Hall–Kier alpha value is -6.05. The van der Waals surface area contributed by atoms with Crippen LogP contribution in [0, 0.1) is 0 Å². The summed E-state index contributed by atoms with van der Waals surface area (Å²) in [7, 11) is 0. The highest BCUT2D eigenvalue weighted by atomic mass is 16.5. The van der Waals surface area contributed by atoms with E-state index in [-0.39, 0.29) is 30.7 Å². The summed E-state index contributed by atoms with van der Waals surface area (Å²) in [5, 5.41) is 45.0. The number of fused-ring (bicyclic) bond motifs is 1. The fraction of sp³-hybridized carbons (Fsp3) is 0.283. The van der Waals surface area contributed by atoms with Gasteiger partial charge in [-0.25, -0.2) is 0 Å². The van der Waals surface area contributed by atoms with Crippen molar-refractivity contribution in [2.75, 3.05) is 65.9 Å². The number of phenols is 3. The molecule has 6 rings (SSSR count). The average molecular weight is 791 g/mol. The van der Waals surface area contributed by atoms with Crippen molar-refractivity contribution >= 4 is 11.0 Å². The van der Waals surface area contributed by atoms with E-state index in [0.29, 0.717) is 74.5 Å². The number of ether oxygens (including phenoxy) is 5. The van der Waals surface area contributed by atoms with Gasteiger partial charge in [-0.05, 0) is 23.3 Å². The smallest absolute Gasteiger partial charge is 0.201 e. The van der Waals surface area contributed by atoms with E-state index >= 15 is 0 Å². The molecule has 6 aromatic rings. The van der Waals surface area contributed by atoms with E-state index in [0.717, 1.165) is 18.4 Å². The summed E-state index contributed by atoms with van der Waals surface area (Å²) in [5.41, 5.74) is 3.34. The number of hydrogen-bond donors (Lipinski definition) is 5. The third-order valence-corrected chi connectivity index (χ3v) is 9.05. The molecule has 5 N–H and O–H groups in total. The van der Waals surface area contributed by atoms with Gasteiger partial charge in [-0.2, -0.15) is 0 Å². The van der Waals surface area contributed by atoms with Crippen LogP contribution in [0.25, 0.3) is 22.3 Å². The van der Waals surface area contributed by atoms with Crippen molar-refractivity contribution in [1.29, 1.82) is 0 Å². The minimum absolute atomic E-state index is 0.0920. The standard InChI is InChI=1S/C46H50N2O10/c49-36(32-57-37-16-17-40(55-22-18-33-10-4-1-5-11-33)42(28-37)56-23-19-34-12-6-2-7-13-34)31-47-20-24-53-26-27-54-25-21-48-38-29-41(35-14-8-3-9-15-35)58-43-30-39(50)45(51)46(52)44(38)43/h1-17,28-30,36,47,49-52H,18-27,31-32H2/b48-38-. The van der Waals surface area contributed by atoms with E-state index in [1.165, 1.54) is 17.2 Å². The molecule has 0 radical (unpaired) electrons. The predicted octanol–water partition coefficient (Wildman–Crippen LogP) is 6.42. The van der Waals surface area contributed by atoms with Crippen LogP contribution < -0.4 is 24.9 Å². The maximum atomic E-state index is 10.6. The minimum atomic E-state index is -0.743. The number of nitrogens with one attached hydrogen (secondary N) is 1. The lowest BCUT2D eigenvalue weighted by Gasteiger charge is -2.17. The van der Waals surface area contributed by atoms with Crippen molar-refractivity contribution in [1.82, 2.24) is 5.32 Å². The average Bonchev–Trinajstić information content (AvgIpc) is 3.25. The molecule has 0 amide bonds. The molecular formula is C46H50N2O10. The number of nitrogens with zero attached hydrogens (tertiary/aromatic N) is 1. The van der Waals surface area contributed by atoms with E-state index in [1.54, 1.807) is 12.1 Å². The van der Waals surface area contributed by atoms with Crippen LogP contribution in [0.3, 0.4) is 0 Å². The molecule has 0 aliphatic heterocycles. The molecule has 1 atom stereocenters. The van der Waals surface area contributed by atoms with Crippen molar-refractivity contribution in [3.63, 3.8) is 0 Å². The molecule has 12 heteroatoms. The topological polar surface area (TPSA) is 165 Å². The Bertz CT molecular complexity index is 2220. The highest BCUT2D eigenvalue weighted by Gasteiger charge is 2.17. The van der Waals surface area contributed by atoms with Gasteiger partial charge < -0.3 is 53.8 Å². The summed E-state index contributed by atoms with van der Waals surface area (Å²) >= 11 is 0. The number of hydrogen-bond acceptors (Lipinski definition) is 12. The Labute approximate surface area is 337 Å². The Morgan fingerprint density at radius 2 is 1.26 bits per heavy atom. The van der Waals surface area contributed by atoms with E-state index < -0.39 is 23.4 Å². The zero-order valence-corrected chi connectivity index (χ0v) is 32.3. The molecule has 58 heavy (non-hydrogen) atoms. The van der Waals surface area contributed by atoms with Gasteiger partial charge in [0.2, 0.25) is 5.75 Å². The molecule has 0 aliphatic rings. The van der Waals surface area contributed by atoms with Gasteiger partial charge in [-0.1, -0.05) is 91.0 Å². The van der Waals surface area contributed by atoms with E-state index in [4.69, 9.17) is 28.1 Å². The monoisotopic (exact) mass is 790 g/mol. The van der Waals surface area contributed by atoms with Gasteiger partial charge in [-0.15, -0.1) is 0 Å². The van der Waals surface area contributed by atoms with Crippen LogP contribution in [-0.2, 0) is 22.3 Å². The summed E-state index contributed by atoms with van der Waals surface area (Å²) < 4.78 is 35.4. The minimum Gasteiger partial charge on any atom is -0.504 e. The Morgan fingerprint density at radius 3 is 1.95 bits per heavy atom. The predicted molar refractivity (Wildman–Crippen MR) is 221 cm³/mol. The summed E-state index contributed by atoms with van der Waals surface area (Å²) in [6, 6.07) is 38.1. The number of phenolic OH excluding ortho intramolecular Hbond substituents is 3. The van der Waals surface area contributed by atoms with Gasteiger partial charge in [0, 0.05) is 49.7 Å². The number of aliphatic hydroxyl groups is 1. The van der Waals surface area contributed by atoms with Gasteiger partial charge in [0.1, 0.15) is 29.8 Å². The Morgan fingerprint density at radius 1 is 0.621 bits per heavy atom. The fourth-order valence-electron chi connectivity index (χ4n) is 6.04. The van der Waals surface area contributed by atoms with Crippen LogP contribution in [0.15, 0.2) is 131 Å². The van der Waals surface area contributed by atoms with Crippen molar-refractivity contribution < 1.29 is 48.5 Å². The molecular weight excluding hydrogens is 741 g/mol. The molecule has 1 heterocycles. The molecule has 0 saturated carbocycles. The quantitative estimate of drug-likeness (QED) is 0.0359. The zero-order chi connectivity index (χ0) is 40.4. The van der Waals surface area contributed by atoms with Crippen molar-refractivity contribution in [2.45, 2.75) is 18.9 Å². The first-order valence-corrected chi connectivity index (χ1v) is 19.4. The van der Waals surface area contributed by atoms with Crippen LogP contribution in [0.1, 0.15) is 11.1 Å². The number of rotatable bonds is 23. The molecule has 304 valence electrons. The highest BCUT2D eigenvalue weighted by molar-refractivity contribution is 5.89. The second kappa shape index (κ2) is 22.0. The van der Waals surface area contributed by atoms with E-state index in [9.17, 15) is 20.4 Å². The van der Waals surface area contributed by atoms with Gasteiger partial charge in [-0.3, -0.25) is 4.99 Å². The second-order valence-corrected chi connectivity index (χ2v) is 13.4. The first kappa shape index (κ1) is 41.6. The summed E-state index contributed by atoms with van der Waals surface area (Å²) in [6.45, 7) is 3.63. The van der Waals surface area contributed by atoms with Crippen LogP contribution in [0.4, 0.5) is 0 Å². The van der Waals surface area contributed by atoms with Gasteiger partial charge in [0.05, 0.1) is 56.9 Å². The van der Waals surface area contributed by atoms with E-state index in [2.05, 4.69) is 34.6 Å². The molecule has 0 bridgehead atoms. The number of benzene rings is 5. The number of aliphatic hydroxyl groups excluding tert-OH is 1. The lowest BCUT2D eigenvalue weighted by atomic mass is 10.1. The highest BCUT2D eigenvalue weighted by Crippen LogP contribution is 2.40. The molecule has 5 aromatic carbocycles. The second-order valence-electron chi connectivity index (χ2n) is 13.4. The van der Waals surface area contributed by atoms with Gasteiger partial charge in [0.15, 0.2) is 23.0 Å². The zero-order valence-electron chi connectivity index (χ0n) is 32.3. The maximum absolute atomic E-state index is 10.6. The third kappa shape index (κ3) is 12.5. The maximum Gasteiger partial charge on any atom is 0.201 e. The first-order valence-electron chi connectivity index (χ1n) is 19.4. The first-order chi connectivity index (χ1) is 28.4. The Balaban J connectivity index is 0.885. The summed E-state index contributed by atoms with van der Waals surface area (Å²) in [4.78, 5) is 4.58. The lowest BCUT2D eigenvalue weighted by Crippen LogP contribution is -2.33. The van der Waals surface area contributed by atoms with Crippen LogP contribution in [-0.4, -0.2) is 92.4 Å². The van der Waals surface area contributed by atoms with Gasteiger partial charge in [0.25, 0.3) is 0 Å². The normalized spacial score (nSPS) is 12.1. The molecule has 1 aromatic heterocycles. The summed E-state index contributed by atoms with van der Waals surface area (Å²) in [6.07, 6.45) is 0.780. The fourth-order valence-corrected chi connectivity index (χ4v) is 6.04. The molecule has 0 aliphatic carbocycles. The molecule has 0 spiro atoms. The van der Waals surface area contributed by atoms with Crippen LogP contribution >= 0.6 is 0 Å². The third-order valence-electron chi connectivity index (χ3n) is 9.05. The summed E-state index contributed by atoms with van der Waals surface area (Å²) in [5.74, 6) is 0.631. The van der Waals surface area contributed by atoms with Crippen LogP contribution in [0.2, 0.25) is 0 Å². The van der Waals surface area contributed by atoms with Crippen LogP contribution in [0.5, 0.6) is 34.5 Å². The SMILES string of the molecule is Oc1cc2oc(-c3ccccc3)c/c(=N/CCOCCOCCNCC(O)COc3ccc(OCCc4ccccc4)c(OCCc4ccccc4)c3)c2c(O)c1O. The van der Waals surface area contributed by atoms with E-state index in [1.807, 2.05) is 78.9 Å². The lowest BCUT2D eigenvalue weighted by molar-refractivity contribution is 0.0498. The Kier molecular flexibility index (Phi) is 15.8. The molecule has 0 fully saturated rings. The van der Waals surface area contributed by atoms with Crippen molar-refractivity contribution in [2.24, 2.45) is 4.99 Å². The largest absolute Gasteiger partial charge is 0.504 e. The van der Waals surface area contributed by atoms with Crippen molar-refractivity contribution in [3.8, 4) is 45.8 Å². The van der Waals surface area contributed by atoms with Gasteiger partial charge >= 0.3 is 0 Å². The molecule has 12 nitrogen and oxygen atoms in total. The molecule has 1 unspecified atom stereocenters. The molecule has 0 saturated heterocycles. The van der Waals surface area contributed by atoms with Crippen molar-refractivity contribution in [3.05, 3.63) is 138 Å². The number of aromatic hydroxyl groups is 3.